The monoisotopic (exact) mass is 462 g/mol. The van der Waals surface area contributed by atoms with E-state index in [1.807, 2.05) is 18.2 Å². The number of aromatic nitrogens is 3. The number of carbonyl (C=O) groups excluding carboxylic acids is 1. The number of carboxylic acid groups (broad SMARTS) is 1. The van der Waals surface area contributed by atoms with Gasteiger partial charge in [0.2, 0.25) is 11.7 Å². The van der Waals surface area contributed by atoms with Crippen LogP contribution in [0, 0.1) is 0 Å². The first-order chi connectivity index (χ1) is 16.2. The van der Waals surface area contributed by atoms with Crippen molar-refractivity contribution in [2.45, 2.75) is 19.5 Å². The number of rotatable bonds is 5. The number of carbonyl (C=O) groups is 2. The lowest BCUT2D eigenvalue weighted by molar-refractivity contribution is 0.0687. The van der Waals surface area contributed by atoms with E-state index in [9.17, 15) is 29.4 Å². The third-order valence-corrected chi connectivity index (χ3v) is 5.88. The van der Waals surface area contributed by atoms with Gasteiger partial charge < -0.3 is 26.2 Å². The Bertz CT molecular complexity index is 1560. The number of benzene rings is 1. The maximum atomic E-state index is 12.7. The molecule has 34 heavy (non-hydrogen) atoms. The molecule has 1 aliphatic rings. The first kappa shape index (κ1) is 21.1. The number of nitrogens with zero attached hydrogens (tertiary/aromatic N) is 4. The molecule has 0 bridgehead atoms. The number of fused-ring (bicyclic) bond motifs is 2. The van der Waals surface area contributed by atoms with Crippen molar-refractivity contribution in [3.8, 4) is 5.88 Å². The number of nitrogens with two attached hydrogens (primary N) is 1. The number of anilines is 2. The average Bonchev–Trinajstić information content (AvgIpc) is 3.22. The van der Waals surface area contributed by atoms with Gasteiger partial charge in [0, 0.05) is 25.7 Å². The fraction of sp³-hybridized carbons (Fsp3) is 0.182. The van der Waals surface area contributed by atoms with Crippen molar-refractivity contribution in [3.05, 3.63) is 79.0 Å². The first-order valence-corrected chi connectivity index (χ1v) is 10.3. The molecule has 0 fully saturated rings. The van der Waals surface area contributed by atoms with Crippen molar-refractivity contribution < 1.29 is 19.8 Å². The van der Waals surface area contributed by atoms with Crippen LogP contribution in [-0.4, -0.2) is 43.0 Å². The molecule has 5 rings (SSSR count). The van der Waals surface area contributed by atoms with Crippen LogP contribution in [0.2, 0.25) is 0 Å². The zero-order valence-electron chi connectivity index (χ0n) is 17.6. The number of imidazole rings is 1. The van der Waals surface area contributed by atoms with Gasteiger partial charge in [-0.15, -0.1) is 0 Å². The number of aromatic hydroxyl groups is 1. The average molecular weight is 462 g/mol. The highest BCUT2D eigenvalue weighted by Gasteiger charge is 2.27. The number of aromatic carboxylic acids is 1. The number of nitrogens with one attached hydrogen (secondary N) is 1. The fourth-order valence-electron chi connectivity index (χ4n) is 4.15. The molecule has 5 N–H and O–H groups in total. The van der Waals surface area contributed by atoms with Gasteiger partial charge in [0.15, 0.2) is 0 Å². The summed E-state index contributed by atoms with van der Waals surface area (Å²) in [6.07, 6.45) is 1.73. The van der Waals surface area contributed by atoms with Crippen molar-refractivity contribution in [1.82, 2.24) is 19.7 Å². The van der Waals surface area contributed by atoms with E-state index >= 15 is 0 Å². The number of hydrogen-bond acceptors (Lipinski definition) is 9. The summed E-state index contributed by atoms with van der Waals surface area (Å²) in [5.74, 6) is -2.48. The molecule has 172 valence electrons. The molecule has 0 saturated heterocycles. The van der Waals surface area contributed by atoms with Crippen LogP contribution in [0.25, 0.3) is 5.78 Å². The van der Waals surface area contributed by atoms with Gasteiger partial charge in [0.25, 0.3) is 16.8 Å². The third-order valence-electron chi connectivity index (χ3n) is 5.88. The molecule has 1 amide bonds. The van der Waals surface area contributed by atoms with E-state index in [2.05, 4.69) is 15.3 Å². The Balaban J connectivity index is 1.33. The minimum Gasteiger partial charge on any atom is -0.493 e. The molecule has 1 aliphatic heterocycles. The van der Waals surface area contributed by atoms with Gasteiger partial charge in [-0.1, -0.05) is 18.2 Å². The lowest BCUT2D eigenvalue weighted by Gasteiger charge is -2.32. The van der Waals surface area contributed by atoms with Crippen molar-refractivity contribution in [2.75, 3.05) is 17.2 Å². The van der Waals surface area contributed by atoms with Crippen molar-refractivity contribution in [1.29, 1.82) is 0 Å². The second-order valence-electron chi connectivity index (χ2n) is 7.96. The summed E-state index contributed by atoms with van der Waals surface area (Å²) < 4.78 is 0.928. The molecule has 0 atom stereocenters. The standard InChI is InChI=1S/C22H18N6O6/c23-16-17(19(31)18(16)30)27-4-3-11-2-1-10(5-12(11)9-27)7-24-20(32)13-6-14(21(33)34)28-15(29)8-25-22(28)26-13/h1-2,5-6,8,29H,3-4,7,9,23H2,(H,24,32)(H,33,34). The van der Waals surface area contributed by atoms with Crippen LogP contribution in [0.1, 0.15) is 37.7 Å². The Kier molecular flexibility index (Phi) is 4.78. The predicted molar refractivity (Wildman–Crippen MR) is 120 cm³/mol. The van der Waals surface area contributed by atoms with Gasteiger partial charge in [-0.25, -0.2) is 19.2 Å². The van der Waals surface area contributed by atoms with Gasteiger partial charge >= 0.3 is 5.97 Å². The van der Waals surface area contributed by atoms with Gasteiger partial charge in [-0.2, -0.15) is 0 Å². The molecular formula is C22H18N6O6. The van der Waals surface area contributed by atoms with E-state index in [1.54, 1.807) is 4.90 Å². The summed E-state index contributed by atoms with van der Waals surface area (Å²) in [6, 6.07) is 6.77. The lowest BCUT2D eigenvalue weighted by atomic mass is 9.96. The normalized spacial score (nSPS) is 13.2. The van der Waals surface area contributed by atoms with E-state index in [1.165, 1.54) is 0 Å². The summed E-state index contributed by atoms with van der Waals surface area (Å²) in [7, 11) is 0. The Morgan fingerprint density at radius 3 is 2.68 bits per heavy atom. The first-order valence-electron chi connectivity index (χ1n) is 10.3. The minimum atomic E-state index is -1.35. The lowest BCUT2D eigenvalue weighted by Crippen LogP contribution is -2.44. The van der Waals surface area contributed by atoms with Crippen molar-refractivity contribution in [2.24, 2.45) is 0 Å². The SMILES string of the molecule is Nc1c(N2CCc3ccc(CNC(=O)c4cc(C(=O)O)n5c(O)cnc5n4)cc3C2)c(=O)c1=O. The fourth-order valence-corrected chi connectivity index (χ4v) is 4.15. The molecule has 0 unspecified atom stereocenters. The smallest absolute Gasteiger partial charge is 0.353 e. The van der Waals surface area contributed by atoms with Crippen LogP contribution >= 0.6 is 0 Å². The molecule has 0 spiro atoms. The second kappa shape index (κ2) is 7.69. The summed E-state index contributed by atoms with van der Waals surface area (Å²) in [4.78, 5) is 57.2. The van der Waals surface area contributed by atoms with Gasteiger partial charge in [-0.3, -0.25) is 14.4 Å². The Hall–Kier alpha value is -4.74. The quantitative estimate of drug-likeness (QED) is 0.290. The van der Waals surface area contributed by atoms with Crippen molar-refractivity contribution >= 4 is 29.0 Å². The Labute approximate surface area is 190 Å². The van der Waals surface area contributed by atoms with Gasteiger partial charge in [0.1, 0.15) is 22.8 Å². The van der Waals surface area contributed by atoms with Gasteiger partial charge in [-0.05, 0) is 23.1 Å². The topological polar surface area (TPSA) is 180 Å². The third kappa shape index (κ3) is 3.32. The van der Waals surface area contributed by atoms with Gasteiger partial charge in [0.05, 0.1) is 6.20 Å². The largest absolute Gasteiger partial charge is 0.493 e. The number of carboxylic acids is 1. The summed E-state index contributed by atoms with van der Waals surface area (Å²) >= 11 is 0. The summed E-state index contributed by atoms with van der Waals surface area (Å²) in [6.45, 7) is 1.13. The zero-order chi connectivity index (χ0) is 24.1. The molecule has 0 radical (unpaired) electrons. The highest BCUT2D eigenvalue weighted by molar-refractivity contribution is 5.96. The Morgan fingerprint density at radius 1 is 1.15 bits per heavy atom. The molecule has 3 heterocycles. The number of hydrogen-bond donors (Lipinski definition) is 4. The van der Waals surface area contributed by atoms with Crippen LogP contribution in [0.3, 0.4) is 0 Å². The molecule has 12 heteroatoms. The highest BCUT2D eigenvalue weighted by atomic mass is 16.4. The maximum absolute atomic E-state index is 12.7. The van der Waals surface area contributed by atoms with Crippen LogP contribution in [0.4, 0.5) is 11.4 Å². The molecule has 0 saturated carbocycles. The summed E-state index contributed by atoms with van der Waals surface area (Å²) in [5, 5.41) is 21.9. The van der Waals surface area contributed by atoms with Crippen LogP contribution in [-0.2, 0) is 19.5 Å². The Morgan fingerprint density at radius 2 is 1.94 bits per heavy atom. The van der Waals surface area contributed by atoms with E-state index in [4.69, 9.17) is 5.73 Å². The molecular weight excluding hydrogens is 444 g/mol. The zero-order valence-corrected chi connectivity index (χ0v) is 17.6. The molecule has 2 aromatic heterocycles. The number of nitrogen functional groups attached to an aromatic ring is 1. The highest BCUT2D eigenvalue weighted by Crippen LogP contribution is 2.26. The van der Waals surface area contributed by atoms with Crippen LogP contribution in [0.15, 0.2) is 40.1 Å². The molecule has 2 aromatic carbocycles. The summed E-state index contributed by atoms with van der Waals surface area (Å²) in [5.41, 5.74) is 7.05. The van der Waals surface area contributed by atoms with E-state index < -0.39 is 28.6 Å². The van der Waals surface area contributed by atoms with Crippen molar-refractivity contribution in [3.63, 3.8) is 0 Å². The molecule has 12 nitrogen and oxygen atoms in total. The van der Waals surface area contributed by atoms with Crippen LogP contribution < -0.4 is 26.8 Å². The molecule has 4 aromatic rings. The second-order valence-corrected chi connectivity index (χ2v) is 7.96. The van der Waals surface area contributed by atoms with E-state index in [-0.39, 0.29) is 35.1 Å². The number of amides is 1. The maximum Gasteiger partial charge on any atom is 0.353 e. The van der Waals surface area contributed by atoms with E-state index in [0.717, 1.165) is 33.4 Å². The predicted octanol–water partition coefficient (Wildman–Crippen LogP) is -0.196. The van der Waals surface area contributed by atoms with Crippen LogP contribution in [0.5, 0.6) is 5.88 Å². The minimum absolute atomic E-state index is 0.00661. The van der Waals surface area contributed by atoms with E-state index in [0.29, 0.717) is 19.5 Å². The molecule has 0 aliphatic carbocycles.